The van der Waals surface area contributed by atoms with Crippen molar-refractivity contribution in [3.8, 4) is 11.8 Å². The number of hydrogen-bond acceptors (Lipinski definition) is 2. The van der Waals surface area contributed by atoms with E-state index >= 15 is 0 Å². The minimum absolute atomic E-state index is 0.800. The van der Waals surface area contributed by atoms with Crippen molar-refractivity contribution in [2.75, 3.05) is 11.9 Å². The van der Waals surface area contributed by atoms with E-state index in [9.17, 15) is 0 Å². The average Bonchev–Trinajstić information content (AvgIpc) is 2.61. The first kappa shape index (κ1) is 15.1. The molecular weight excluding hydrogens is 280 g/mol. The van der Waals surface area contributed by atoms with E-state index in [2.05, 4.69) is 53.3 Å². The molecule has 3 rings (SSSR count). The van der Waals surface area contributed by atoms with E-state index in [0.717, 1.165) is 34.4 Å². The highest BCUT2D eigenvalue weighted by Crippen LogP contribution is 2.12. The number of hydrogen-bond donors (Lipinski definition) is 1. The van der Waals surface area contributed by atoms with Crippen LogP contribution in [0, 0.1) is 11.8 Å². The van der Waals surface area contributed by atoms with E-state index in [4.69, 9.17) is 0 Å². The summed E-state index contributed by atoms with van der Waals surface area (Å²) in [6.07, 6.45) is 2.39. The van der Waals surface area contributed by atoms with Crippen molar-refractivity contribution in [1.82, 2.24) is 4.98 Å². The Morgan fingerprint density at radius 2 is 1.74 bits per heavy atom. The smallest absolute Gasteiger partial charge is 0.114 e. The summed E-state index contributed by atoms with van der Waals surface area (Å²) in [6, 6.07) is 20.4. The van der Waals surface area contributed by atoms with Crippen LogP contribution in [0.1, 0.15) is 31.0 Å². The number of nitrogens with one attached hydrogen (secondary N) is 1. The molecule has 0 atom stereocenters. The highest BCUT2D eigenvalue weighted by molar-refractivity contribution is 5.78. The fourth-order valence-corrected chi connectivity index (χ4v) is 2.35. The highest BCUT2D eigenvalue weighted by atomic mass is 14.9. The lowest BCUT2D eigenvalue weighted by Gasteiger charge is -2.04. The second kappa shape index (κ2) is 7.47. The van der Waals surface area contributed by atoms with Crippen molar-refractivity contribution in [2.24, 2.45) is 0 Å². The molecule has 1 aromatic heterocycles. The van der Waals surface area contributed by atoms with E-state index in [1.165, 1.54) is 12.8 Å². The average molecular weight is 300 g/mol. The van der Waals surface area contributed by atoms with Crippen molar-refractivity contribution in [3.63, 3.8) is 0 Å². The lowest BCUT2D eigenvalue weighted by molar-refractivity contribution is 0.834. The maximum Gasteiger partial charge on any atom is 0.114 e. The Labute approximate surface area is 137 Å². The summed E-state index contributed by atoms with van der Waals surface area (Å²) in [5.41, 5.74) is 3.93. The molecule has 0 radical (unpaired) electrons. The van der Waals surface area contributed by atoms with Gasteiger partial charge in [-0.25, -0.2) is 4.98 Å². The van der Waals surface area contributed by atoms with Crippen LogP contribution in [0.4, 0.5) is 5.69 Å². The van der Waals surface area contributed by atoms with Gasteiger partial charge in [-0.15, -0.1) is 0 Å². The third-order valence-electron chi connectivity index (χ3n) is 3.68. The molecule has 23 heavy (non-hydrogen) atoms. The molecule has 0 bridgehead atoms. The van der Waals surface area contributed by atoms with Gasteiger partial charge < -0.3 is 5.32 Å². The van der Waals surface area contributed by atoms with Crippen LogP contribution < -0.4 is 5.32 Å². The van der Waals surface area contributed by atoms with Gasteiger partial charge in [0.25, 0.3) is 0 Å². The van der Waals surface area contributed by atoms with Gasteiger partial charge in [-0.1, -0.05) is 43.5 Å². The van der Waals surface area contributed by atoms with Crippen LogP contribution >= 0.6 is 0 Å². The van der Waals surface area contributed by atoms with Gasteiger partial charge in [0.1, 0.15) is 5.69 Å². The summed E-state index contributed by atoms with van der Waals surface area (Å²) in [7, 11) is 0. The fourth-order valence-electron chi connectivity index (χ4n) is 2.35. The normalized spacial score (nSPS) is 10.1. The maximum absolute atomic E-state index is 4.57. The summed E-state index contributed by atoms with van der Waals surface area (Å²) < 4.78 is 0. The Morgan fingerprint density at radius 3 is 2.57 bits per heavy atom. The van der Waals surface area contributed by atoms with Crippen molar-refractivity contribution >= 4 is 16.6 Å². The second-order valence-corrected chi connectivity index (χ2v) is 5.50. The molecule has 0 amide bonds. The van der Waals surface area contributed by atoms with Crippen LogP contribution in [0.25, 0.3) is 10.9 Å². The van der Waals surface area contributed by atoms with Gasteiger partial charge in [0.2, 0.25) is 0 Å². The largest absolute Gasteiger partial charge is 0.385 e. The highest BCUT2D eigenvalue weighted by Gasteiger charge is 1.95. The first-order valence-electron chi connectivity index (χ1n) is 8.07. The quantitative estimate of drug-likeness (QED) is 0.550. The van der Waals surface area contributed by atoms with Crippen LogP contribution in [-0.4, -0.2) is 11.5 Å². The molecule has 3 aromatic rings. The zero-order valence-electron chi connectivity index (χ0n) is 13.3. The van der Waals surface area contributed by atoms with Crippen LogP contribution in [-0.2, 0) is 0 Å². The van der Waals surface area contributed by atoms with Gasteiger partial charge >= 0.3 is 0 Å². The molecule has 114 valence electrons. The standard InChI is InChI=1S/C21H20N2/c1-2-3-16-22-19-12-8-17(9-13-19)10-14-20-15-11-18-6-4-5-7-21(18)23-20/h4-9,11-13,15,22H,2-3,16H2,1H3. The monoisotopic (exact) mass is 300 g/mol. The molecule has 0 aliphatic heterocycles. The molecule has 0 aliphatic carbocycles. The zero-order valence-corrected chi connectivity index (χ0v) is 13.3. The molecule has 0 fully saturated rings. The van der Waals surface area contributed by atoms with Crippen molar-refractivity contribution in [3.05, 3.63) is 71.9 Å². The molecule has 2 aromatic carbocycles. The van der Waals surface area contributed by atoms with Gasteiger partial charge in [-0.2, -0.15) is 0 Å². The SMILES string of the molecule is CCCCNc1ccc(C#Cc2ccc3ccccc3n2)cc1. The molecule has 0 aliphatic rings. The first-order chi connectivity index (χ1) is 11.3. The fraction of sp³-hybridized carbons (Fsp3) is 0.190. The zero-order chi connectivity index (χ0) is 15.9. The minimum atomic E-state index is 0.800. The Hall–Kier alpha value is -2.79. The predicted molar refractivity (Wildman–Crippen MR) is 97.6 cm³/mol. The van der Waals surface area contributed by atoms with Crippen LogP contribution in [0.2, 0.25) is 0 Å². The van der Waals surface area contributed by atoms with E-state index < -0.39 is 0 Å². The molecule has 1 heterocycles. The van der Waals surface area contributed by atoms with Gasteiger partial charge in [-0.3, -0.25) is 0 Å². The number of aromatic nitrogens is 1. The lowest BCUT2D eigenvalue weighted by Crippen LogP contribution is -2.00. The van der Waals surface area contributed by atoms with Gasteiger partial charge in [-0.05, 0) is 48.7 Å². The Balaban J connectivity index is 1.72. The Kier molecular flexibility index (Phi) is 4.91. The van der Waals surface area contributed by atoms with Crippen LogP contribution in [0.15, 0.2) is 60.7 Å². The number of anilines is 1. The van der Waals surface area contributed by atoms with E-state index in [0.29, 0.717) is 0 Å². The van der Waals surface area contributed by atoms with Gasteiger partial charge in [0, 0.05) is 23.2 Å². The third-order valence-corrected chi connectivity index (χ3v) is 3.68. The number of para-hydroxylation sites is 1. The number of pyridine rings is 1. The molecule has 0 saturated carbocycles. The number of unbranched alkanes of at least 4 members (excludes halogenated alkanes) is 1. The van der Waals surface area contributed by atoms with Crippen molar-refractivity contribution < 1.29 is 0 Å². The first-order valence-corrected chi connectivity index (χ1v) is 8.07. The molecule has 0 unspecified atom stereocenters. The summed E-state index contributed by atoms with van der Waals surface area (Å²) in [6.45, 7) is 3.21. The number of rotatable bonds is 4. The topological polar surface area (TPSA) is 24.9 Å². The van der Waals surface area contributed by atoms with Crippen molar-refractivity contribution in [1.29, 1.82) is 0 Å². The minimum Gasteiger partial charge on any atom is -0.385 e. The third kappa shape index (κ3) is 4.11. The van der Waals surface area contributed by atoms with E-state index in [-0.39, 0.29) is 0 Å². The van der Waals surface area contributed by atoms with Gasteiger partial charge in [0.05, 0.1) is 5.52 Å². The molecule has 1 N–H and O–H groups in total. The molecule has 2 nitrogen and oxygen atoms in total. The maximum atomic E-state index is 4.57. The Morgan fingerprint density at radius 1 is 0.913 bits per heavy atom. The molecular formula is C21H20N2. The van der Waals surface area contributed by atoms with Gasteiger partial charge in [0.15, 0.2) is 0 Å². The summed E-state index contributed by atoms with van der Waals surface area (Å²) in [5, 5.41) is 4.55. The van der Waals surface area contributed by atoms with Crippen molar-refractivity contribution in [2.45, 2.75) is 19.8 Å². The van der Waals surface area contributed by atoms with Crippen LogP contribution in [0.3, 0.4) is 0 Å². The Bertz CT molecular complexity index is 839. The molecule has 0 saturated heterocycles. The summed E-state index contributed by atoms with van der Waals surface area (Å²) in [5.74, 6) is 6.32. The van der Waals surface area contributed by atoms with Crippen LogP contribution in [0.5, 0.6) is 0 Å². The number of fused-ring (bicyclic) bond motifs is 1. The molecule has 2 heteroatoms. The number of nitrogens with zero attached hydrogens (tertiary/aromatic N) is 1. The molecule has 0 spiro atoms. The van der Waals surface area contributed by atoms with E-state index in [1.807, 2.05) is 36.4 Å². The summed E-state index contributed by atoms with van der Waals surface area (Å²) in [4.78, 5) is 4.57. The number of benzene rings is 2. The lowest BCUT2D eigenvalue weighted by atomic mass is 10.2. The second-order valence-electron chi connectivity index (χ2n) is 5.50. The summed E-state index contributed by atoms with van der Waals surface area (Å²) >= 11 is 0. The predicted octanol–water partition coefficient (Wildman–Crippen LogP) is 4.85. The van der Waals surface area contributed by atoms with E-state index in [1.54, 1.807) is 0 Å².